The van der Waals surface area contributed by atoms with Crippen molar-refractivity contribution in [1.82, 2.24) is 0 Å². The van der Waals surface area contributed by atoms with Crippen molar-refractivity contribution in [3.8, 4) is 44.5 Å². The van der Waals surface area contributed by atoms with Gasteiger partial charge in [0, 0.05) is 21.6 Å². The predicted octanol–water partition coefficient (Wildman–Crippen LogP) is 15.5. The van der Waals surface area contributed by atoms with Gasteiger partial charge in [-0.3, -0.25) is 0 Å². The highest BCUT2D eigenvalue weighted by Crippen LogP contribution is 2.53. The molecule has 0 unspecified atom stereocenters. The van der Waals surface area contributed by atoms with Crippen LogP contribution in [0.4, 0.5) is 0 Å². The molecular formula is C55H36O. The van der Waals surface area contributed by atoms with Crippen LogP contribution in [0.2, 0.25) is 0 Å². The second-order valence-corrected chi connectivity index (χ2v) is 16.0. The number of rotatable bonds is 3. The molecule has 0 radical (unpaired) electrons. The second-order valence-electron chi connectivity index (χ2n) is 16.0. The van der Waals surface area contributed by atoms with Gasteiger partial charge >= 0.3 is 0 Å². The molecular weight excluding hydrogens is 677 g/mol. The highest BCUT2D eigenvalue weighted by atomic mass is 16.3. The monoisotopic (exact) mass is 712 g/mol. The molecule has 0 atom stereocenters. The summed E-state index contributed by atoms with van der Waals surface area (Å²) < 4.78 is 6.79. The molecule has 1 nitrogen and oxygen atoms in total. The van der Waals surface area contributed by atoms with E-state index in [-0.39, 0.29) is 5.41 Å². The highest BCUT2D eigenvalue weighted by molar-refractivity contribution is 6.23. The molecule has 1 aliphatic carbocycles. The van der Waals surface area contributed by atoms with Crippen molar-refractivity contribution in [2.75, 3.05) is 0 Å². The fraction of sp³-hybridized carbons (Fsp3) is 0.0545. The molecule has 0 N–H and O–H groups in total. The van der Waals surface area contributed by atoms with E-state index in [1.165, 1.54) is 104 Å². The summed E-state index contributed by atoms with van der Waals surface area (Å²) in [6.07, 6.45) is 0. The lowest BCUT2D eigenvalue weighted by molar-refractivity contribution is 0.657. The van der Waals surface area contributed by atoms with Gasteiger partial charge in [0.1, 0.15) is 11.2 Å². The Morgan fingerprint density at radius 2 is 0.929 bits per heavy atom. The van der Waals surface area contributed by atoms with Crippen LogP contribution in [0.15, 0.2) is 186 Å². The van der Waals surface area contributed by atoms with Gasteiger partial charge in [-0.2, -0.15) is 0 Å². The Kier molecular flexibility index (Phi) is 6.46. The molecule has 262 valence electrons. The molecule has 1 heteroatoms. The number of fused-ring (bicyclic) bond motifs is 12. The van der Waals surface area contributed by atoms with E-state index in [1.807, 2.05) is 0 Å². The molecule has 0 saturated carbocycles. The average Bonchev–Trinajstić information content (AvgIpc) is 3.75. The normalized spacial score (nSPS) is 13.3. The number of hydrogen-bond donors (Lipinski definition) is 0. The van der Waals surface area contributed by atoms with E-state index in [2.05, 4.69) is 196 Å². The fourth-order valence-corrected chi connectivity index (χ4v) is 9.94. The van der Waals surface area contributed by atoms with E-state index < -0.39 is 0 Å². The van der Waals surface area contributed by atoms with E-state index in [4.69, 9.17) is 4.42 Å². The summed E-state index contributed by atoms with van der Waals surface area (Å²) in [5.74, 6) is 0. The van der Waals surface area contributed by atoms with Crippen molar-refractivity contribution in [3.05, 3.63) is 193 Å². The molecule has 0 spiro atoms. The maximum atomic E-state index is 6.79. The topological polar surface area (TPSA) is 13.1 Å². The van der Waals surface area contributed by atoms with Crippen LogP contribution in [0.3, 0.4) is 0 Å². The Morgan fingerprint density at radius 3 is 1.68 bits per heavy atom. The lowest BCUT2D eigenvalue weighted by atomic mass is 9.82. The van der Waals surface area contributed by atoms with Gasteiger partial charge in [0.2, 0.25) is 0 Å². The lowest BCUT2D eigenvalue weighted by Gasteiger charge is -2.21. The third kappa shape index (κ3) is 4.37. The molecule has 11 aromatic rings. The minimum Gasteiger partial charge on any atom is -0.455 e. The van der Waals surface area contributed by atoms with Crippen LogP contribution >= 0.6 is 0 Å². The first-order valence-corrected chi connectivity index (χ1v) is 19.6. The number of benzene rings is 10. The number of hydrogen-bond acceptors (Lipinski definition) is 1. The average molecular weight is 713 g/mol. The van der Waals surface area contributed by atoms with Crippen molar-refractivity contribution in [3.63, 3.8) is 0 Å². The van der Waals surface area contributed by atoms with Crippen molar-refractivity contribution >= 4 is 65.0 Å². The minimum atomic E-state index is -0.0578. The first-order valence-electron chi connectivity index (χ1n) is 19.6. The van der Waals surface area contributed by atoms with E-state index in [1.54, 1.807) is 0 Å². The van der Waals surface area contributed by atoms with Gasteiger partial charge in [0.05, 0.1) is 0 Å². The largest absolute Gasteiger partial charge is 0.455 e. The smallest absolute Gasteiger partial charge is 0.143 e. The van der Waals surface area contributed by atoms with Gasteiger partial charge in [-0.25, -0.2) is 0 Å². The van der Waals surface area contributed by atoms with Crippen molar-refractivity contribution in [2.45, 2.75) is 19.3 Å². The Hall–Kier alpha value is -6.96. The van der Waals surface area contributed by atoms with Crippen LogP contribution in [0.25, 0.3) is 110 Å². The molecule has 0 fully saturated rings. The highest BCUT2D eigenvalue weighted by Gasteiger charge is 2.37. The van der Waals surface area contributed by atoms with Crippen molar-refractivity contribution in [1.29, 1.82) is 0 Å². The molecule has 56 heavy (non-hydrogen) atoms. The molecule has 0 aliphatic heterocycles. The first-order chi connectivity index (χ1) is 27.5. The third-order valence-electron chi connectivity index (χ3n) is 12.6. The van der Waals surface area contributed by atoms with Crippen LogP contribution in [0.5, 0.6) is 0 Å². The summed E-state index contributed by atoms with van der Waals surface area (Å²) in [4.78, 5) is 0. The Bertz CT molecular complexity index is 3370. The van der Waals surface area contributed by atoms with Gasteiger partial charge < -0.3 is 4.42 Å². The summed E-state index contributed by atoms with van der Waals surface area (Å²) in [7, 11) is 0. The van der Waals surface area contributed by atoms with Crippen molar-refractivity contribution in [2.24, 2.45) is 0 Å². The summed E-state index contributed by atoms with van der Waals surface area (Å²) in [5, 5.41) is 12.3. The van der Waals surface area contributed by atoms with E-state index in [0.717, 1.165) is 16.6 Å². The van der Waals surface area contributed by atoms with Crippen molar-refractivity contribution < 1.29 is 4.42 Å². The predicted molar refractivity (Wildman–Crippen MR) is 238 cm³/mol. The van der Waals surface area contributed by atoms with Gasteiger partial charge in [0.25, 0.3) is 0 Å². The maximum Gasteiger partial charge on any atom is 0.143 e. The SMILES string of the molecule is CC1(C)c2ccccc2-c2c1ccc1oc3c4cc(-c5ccc(-c6c7ccccc7c(-c7ccc8ccccc8c7)c7ccccc67)cc5)ccc4ccc3c21. The lowest BCUT2D eigenvalue weighted by Crippen LogP contribution is -2.14. The summed E-state index contributed by atoms with van der Waals surface area (Å²) in [5.41, 5.74) is 14.6. The molecule has 1 aliphatic rings. The summed E-state index contributed by atoms with van der Waals surface area (Å²) >= 11 is 0. The van der Waals surface area contributed by atoms with E-state index in [9.17, 15) is 0 Å². The summed E-state index contributed by atoms with van der Waals surface area (Å²) in [6.45, 7) is 4.68. The fourth-order valence-electron chi connectivity index (χ4n) is 9.94. The zero-order chi connectivity index (χ0) is 37.1. The van der Waals surface area contributed by atoms with Crippen LogP contribution < -0.4 is 0 Å². The molecule has 1 aromatic heterocycles. The van der Waals surface area contributed by atoms with Crippen LogP contribution in [-0.2, 0) is 5.41 Å². The Morgan fingerprint density at radius 1 is 0.357 bits per heavy atom. The molecule has 1 heterocycles. The molecule has 0 saturated heterocycles. The van der Waals surface area contributed by atoms with Crippen LogP contribution in [0, 0.1) is 0 Å². The van der Waals surface area contributed by atoms with E-state index in [0.29, 0.717) is 0 Å². The molecule has 0 bridgehead atoms. The first kappa shape index (κ1) is 31.4. The zero-order valence-electron chi connectivity index (χ0n) is 31.2. The minimum absolute atomic E-state index is 0.0578. The maximum absolute atomic E-state index is 6.79. The number of furan rings is 1. The van der Waals surface area contributed by atoms with E-state index >= 15 is 0 Å². The Labute approximate surface area is 325 Å². The van der Waals surface area contributed by atoms with Gasteiger partial charge in [-0.1, -0.05) is 172 Å². The van der Waals surface area contributed by atoms with Gasteiger partial charge in [0.15, 0.2) is 0 Å². The molecule has 10 aromatic carbocycles. The molecule has 12 rings (SSSR count). The standard InChI is InChI=1S/C55H36O/c1-55(2)47-18-10-9-17-44(47)52-48(55)29-30-49-53(52)45-28-27-35-22-25-38(32-46(35)54(45)56-49)34-19-23-36(24-20-34)50-40-13-5-7-15-42(40)51(43-16-8-6-14-41(43)50)39-26-21-33-11-3-4-12-37(33)31-39/h3-32H,1-2H3. The van der Waals surface area contributed by atoms with Crippen LogP contribution in [-0.4, -0.2) is 0 Å². The Balaban J connectivity index is 0.999. The van der Waals surface area contributed by atoms with Crippen LogP contribution in [0.1, 0.15) is 25.0 Å². The second kappa shape index (κ2) is 11.5. The molecule has 0 amide bonds. The third-order valence-corrected chi connectivity index (χ3v) is 12.6. The zero-order valence-corrected chi connectivity index (χ0v) is 31.2. The quantitative estimate of drug-likeness (QED) is 0.166. The van der Waals surface area contributed by atoms with Gasteiger partial charge in [-0.15, -0.1) is 0 Å². The van der Waals surface area contributed by atoms with Gasteiger partial charge in [-0.05, 0) is 118 Å². The summed E-state index contributed by atoms with van der Waals surface area (Å²) in [6, 6.07) is 67.1.